The average Bonchev–Trinajstić information content (AvgIpc) is 3.84. The molecule has 3 aromatic heterocycles. The maximum atomic E-state index is 2.43. The number of aromatic nitrogens is 3. The first-order chi connectivity index (χ1) is 25.8. The number of para-hydroxylation sites is 6. The van der Waals surface area contributed by atoms with Crippen LogP contribution in [0.5, 0.6) is 0 Å². The van der Waals surface area contributed by atoms with Gasteiger partial charge in [0.15, 0.2) is 0 Å². The average molecular weight is 663 g/mol. The van der Waals surface area contributed by atoms with Crippen LogP contribution < -0.4 is 0 Å². The lowest BCUT2D eigenvalue weighted by Crippen LogP contribution is -2.28. The Balaban J connectivity index is 1.17. The summed E-state index contributed by atoms with van der Waals surface area (Å²) >= 11 is 0. The van der Waals surface area contributed by atoms with Crippen molar-refractivity contribution in [1.29, 1.82) is 0 Å². The van der Waals surface area contributed by atoms with Gasteiger partial charge >= 0.3 is 0 Å². The van der Waals surface area contributed by atoms with E-state index < -0.39 is 0 Å². The van der Waals surface area contributed by atoms with E-state index in [-0.39, 0.29) is 0 Å². The van der Waals surface area contributed by atoms with Crippen molar-refractivity contribution in [2.24, 2.45) is 0 Å². The minimum absolute atomic E-state index is 1.14. The van der Waals surface area contributed by atoms with Gasteiger partial charge in [0.25, 0.3) is 0 Å². The van der Waals surface area contributed by atoms with Crippen molar-refractivity contribution in [2.75, 3.05) is 0 Å². The van der Waals surface area contributed by atoms with Gasteiger partial charge in [0.1, 0.15) is 0 Å². The molecule has 0 spiro atoms. The second-order valence-electron chi connectivity index (χ2n) is 13.9. The molecule has 0 atom stereocenters. The second kappa shape index (κ2) is 10.3. The van der Waals surface area contributed by atoms with E-state index in [9.17, 15) is 0 Å². The van der Waals surface area contributed by atoms with Crippen LogP contribution in [0.1, 0.15) is 0 Å². The summed E-state index contributed by atoms with van der Waals surface area (Å²) in [6.07, 6.45) is 14.1. The Morgan fingerprint density at radius 3 is 0.635 bits per heavy atom. The molecule has 3 aliphatic rings. The summed E-state index contributed by atoms with van der Waals surface area (Å²) < 4.78 is 7.29. The van der Waals surface area contributed by atoms with E-state index in [1.807, 2.05) is 0 Å². The normalized spacial score (nSPS) is 15.6. The number of hydrogen-bond donors (Lipinski definition) is 0. The minimum atomic E-state index is 1.14. The van der Waals surface area contributed by atoms with E-state index in [4.69, 9.17) is 0 Å². The quantitative estimate of drug-likeness (QED) is 0.184. The van der Waals surface area contributed by atoms with Gasteiger partial charge < -0.3 is 18.6 Å². The van der Waals surface area contributed by atoms with E-state index in [0.29, 0.717) is 0 Å². The highest BCUT2D eigenvalue weighted by Crippen LogP contribution is 2.45. The molecule has 0 bridgehead atoms. The summed E-state index contributed by atoms with van der Waals surface area (Å²) in [5.74, 6) is 0. The molecule has 12 rings (SSSR count). The van der Waals surface area contributed by atoms with Crippen LogP contribution in [-0.2, 0) is 0 Å². The molecule has 0 aliphatic carbocycles. The SMILES string of the molecule is C1=C2C=C(n3c4ccccc4c4ccccc43)C=C3C=C(n4c5ccccc5c5ccccc54)C=C(C=C1n1c4ccccc4c4ccccc41)N23. The highest BCUT2D eigenvalue weighted by atomic mass is 15.2. The molecule has 6 aromatic carbocycles. The van der Waals surface area contributed by atoms with Gasteiger partial charge in [-0.3, -0.25) is 0 Å². The van der Waals surface area contributed by atoms with Crippen LogP contribution in [0.3, 0.4) is 0 Å². The second-order valence-corrected chi connectivity index (χ2v) is 13.9. The molecule has 0 amide bonds. The zero-order chi connectivity index (χ0) is 33.9. The van der Waals surface area contributed by atoms with Gasteiger partial charge in [0.2, 0.25) is 0 Å². The smallest absolute Gasteiger partial charge is 0.0541 e. The third-order valence-corrected chi connectivity index (χ3v) is 11.1. The number of benzene rings is 6. The molecule has 52 heavy (non-hydrogen) atoms. The van der Waals surface area contributed by atoms with Crippen molar-refractivity contribution in [2.45, 2.75) is 0 Å². The van der Waals surface area contributed by atoms with Crippen molar-refractivity contribution in [3.05, 3.63) is 199 Å². The number of rotatable bonds is 3. The van der Waals surface area contributed by atoms with Gasteiger partial charge in [-0.05, 0) is 72.9 Å². The van der Waals surface area contributed by atoms with E-state index in [0.717, 1.165) is 34.2 Å². The van der Waals surface area contributed by atoms with Crippen LogP contribution in [0.2, 0.25) is 0 Å². The molecule has 9 aromatic rings. The summed E-state index contributed by atoms with van der Waals surface area (Å²) in [5.41, 5.74) is 14.0. The van der Waals surface area contributed by atoms with Crippen molar-refractivity contribution < 1.29 is 0 Å². The van der Waals surface area contributed by atoms with Crippen molar-refractivity contribution >= 4 is 82.5 Å². The molecule has 3 aliphatic heterocycles. The number of fused-ring (bicyclic) bond motifs is 9. The number of hydrogen-bond acceptors (Lipinski definition) is 1. The predicted molar refractivity (Wildman–Crippen MR) is 217 cm³/mol. The van der Waals surface area contributed by atoms with Crippen LogP contribution in [0, 0.1) is 0 Å². The minimum Gasteiger partial charge on any atom is -0.310 e. The fourth-order valence-electron chi connectivity index (χ4n) is 8.98. The zero-order valence-electron chi connectivity index (χ0n) is 28.1. The van der Waals surface area contributed by atoms with Crippen molar-refractivity contribution in [3.63, 3.8) is 0 Å². The van der Waals surface area contributed by atoms with Crippen LogP contribution in [0.4, 0.5) is 0 Å². The molecule has 6 heterocycles. The van der Waals surface area contributed by atoms with E-state index in [1.165, 1.54) is 65.4 Å². The molecule has 0 saturated heterocycles. The topological polar surface area (TPSA) is 18.0 Å². The molecule has 0 saturated carbocycles. The Kier molecular flexibility index (Phi) is 5.47. The van der Waals surface area contributed by atoms with E-state index in [2.05, 4.69) is 201 Å². The summed E-state index contributed by atoms with van der Waals surface area (Å²) in [7, 11) is 0. The Hall–Kier alpha value is -7.04. The van der Waals surface area contributed by atoms with Crippen LogP contribution >= 0.6 is 0 Å². The Morgan fingerprint density at radius 2 is 0.404 bits per heavy atom. The summed E-state index contributed by atoms with van der Waals surface area (Å²) in [6, 6.07) is 52.6. The molecule has 4 heteroatoms. The third kappa shape index (κ3) is 3.70. The molecular formula is C48H30N4. The molecule has 0 N–H and O–H groups in total. The molecule has 0 unspecified atom stereocenters. The highest BCUT2D eigenvalue weighted by Gasteiger charge is 2.30. The molecule has 4 nitrogen and oxygen atoms in total. The fourth-order valence-corrected chi connectivity index (χ4v) is 8.98. The lowest BCUT2D eigenvalue weighted by molar-refractivity contribution is 0.563. The largest absolute Gasteiger partial charge is 0.310 e. The highest BCUT2D eigenvalue weighted by molar-refractivity contribution is 6.13. The lowest BCUT2D eigenvalue weighted by atomic mass is 10.00. The van der Waals surface area contributed by atoms with Crippen molar-refractivity contribution in [3.8, 4) is 0 Å². The zero-order valence-corrected chi connectivity index (χ0v) is 28.1. The first-order valence-corrected chi connectivity index (χ1v) is 17.9. The van der Waals surface area contributed by atoms with Crippen molar-refractivity contribution in [1.82, 2.24) is 18.6 Å². The van der Waals surface area contributed by atoms with Gasteiger partial charge in [0, 0.05) is 32.3 Å². The standard InChI is InChI=1S/C48H30N4/c1-7-19-43-37(13-1)38-14-2-8-20-44(38)50(43)34-25-31-27-35(51-45-21-9-3-15-39(45)40-16-4-10-22-46(40)51)29-33-30-36(28-32(26-34)49(31)33)52-47-23-11-5-17-41(47)42-18-6-12-24-48(42)52/h1-30H. The number of nitrogens with zero attached hydrogens (tertiary/aromatic N) is 4. The van der Waals surface area contributed by atoms with Gasteiger partial charge in [-0.2, -0.15) is 0 Å². The first kappa shape index (κ1) is 27.7. The Labute approximate surface area is 299 Å². The van der Waals surface area contributed by atoms with Crippen LogP contribution in [0.25, 0.3) is 82.5 Å². The molecule has 0 radical (unpaired) electrons. The lowest BCUT2D eigenvalue weighted by Gasteiger charge is -2.38. The van der Waals surface area contributed by atoms with Gasteiger partial charge in [0.05, 0.1) is 67.3 Å². The first-order valence-electron chi connectivity index (χ1n) is 17.9. The number of allylic oxidation sites excluding steroid dienone is 9. The maximum absolute atomic E-state index is 2.43. The van der Waals surface area contributed by atoms with Gasteiger partial charge in [-0.1, -0.05) is 109 Å². The van der Waals surface area contributed by atoms with Gasteiger partial charge in [-0.25, -0.2) is 0 Å². The maximum Gasteiger partial charge on any atom is 0.0541 e. The van der Waals surface area contributed by atoms with E-state index in [1.54, 1.807) is 0 Å². The Bertz CT molecular complexity index is 2730. The van der Waals surface area contributed by atoms with Gasteiger partial charge in [-0.15, -0.1) is 0 Å². The monoisotopic (exact) mass is 662 g/mol. The third-order valence-electron chi connectivity index (χ3n) is 11.1. The van der Waals surface area contributed by atoms with Crippen LogP contribution in [0.15, 0.2) is 199 Å². The van der Waals surface area contributed by atoms with Crippen LogP contribution in [-0.4, -0.2) is 18.6 Å². The van der Waals surface area contributed by atoms with E-state index >= 15 is 0 Å². The predicted octanol–water partition coefficient (Wildman–Crippen LogP) is 11.9. The molecule has 0 fully saturated rings. The fraction of sp³-hybridized carbons (Fsp3) is 0. The molecular weight excluding hydrogens is 633 g/mol. The summed E-state index contributed by atoms with van der Waals surface area (Å²) in [6.45, 7) is 0. The molecule has 242 valence electrons. The summed E-state index contributed by atoms with van der Waals surface area (Å²) in [5, 5.41) is 7.55. The summed E-state index contributed by atoms with van der Waals surface area (Å²) in [4.78, 5) is 2.41. The Morgan fingerprint density at radius 1 is 0.212 bits per heavy atom.